The summed E-state index contributed by atoms with van der Waals surface area (Å²) in [5, 5.41) is 15.3. The van der Waals surface area contributed by atoms with Crippen molar-refractivity contribution in [1.29, 1.82) is 0 Å². The van der Waals surface area contributed by atoms with E-state index in [2.05, 4.69) is 35.4 Å². The van der Waals surface area contributed by atoms with Gasteiger partial charge >= 0.3 is 51.4 Å². The Morgan fingerprint density at radius 3 is 2.40 bits per heavy atom. The SMILES string of the molecule is CCCc1nc(C)c(-c2ccc3c(c2)C(OC)CC(C)(C)O3)c(=O)n1Cc1ccc(-c2ccccc2-c2noc([O-])n2)cc1.[K+]. The molecule has 0 amide bonds. The smallest absolute Gasteiger partial charge is 0.528 e. The Balaban J connectivity index is 0.00000400. The van der Waals surface area contributed by atoms with Gasteiger partial charge in [0, 0.05) is 31.1 Å². The van der Waals surface area contributed by atoms with Gasteiger partial charge in [0.2, 0.25) is 0 Å². The molecule has 0 N–H and O–H groups in total. The van der Waals surface area contributed by atoms with E-state index < -0.39 is 6.08 Å². The Morgan fingerprint density at radius 1 is 1.02 bits per heavy atom. The number of benzene rings is 3. The van der Waals surface area contributed by atoms with E-state index in [0.717, 1.165) is 45.8 Å². The molecule has 1 aliphatic rings. The van der Waals surface area contributed by atoms with Gasteiger partial charge in [-0.15, -0.1) is 0 Å². The van der Waals surface area contributed by atoms with Crippen LogP contribution in [0.3, 0.4) is 0 Å². The summed E-state index contributed by atoms with van der Waals surface area (Å²) < 4.78 is 18.5. The van der Waals surface area contributed by atoms with Gasteiger partial charge in [0.1, 0.15) is 17.2 Å². The molecule has 226 valence electrons. The first kappa shape index (κ1) is 33.2. The van der Waals surface area contributed by atoms with Crippen molar-refractivity contribution >= 4 is 0 Å². The zero-order valence-corrected chi connectivity index (χ0v) is 29.7. The Labute approximate surface area is 305 Å². The molecule has 0 saturated carbocycles. The van der Waals surface area contributed by atoms with Crippen LogP contribution in [0, 0.1) is 6.92 Å². The van der Waals surface area contributed by atoms with Gasteiger partial charge in [0.25, 0.3) is 5.56 Å². The topological polar surface area (TPSA) is 115 Å². The molecule has 0 fully saturated rings. The predicted octanol–water partition coefficient (Wildman–Crippen LogP) is 3.26. The summed E-state index contributed by atoms with van der Waals surface area (Å²) in [6.07, 6.45) is 1.41. The molecule has 0 spiro atoms. The van der Waals surface area contributed by atoms with Crippen molar-refractivity contribution in [2.75, 3.05) is 7.11 Å². The van der Waals surface area contributed by atoms with Crippen molar-refractivity contribution in [2.45, 2.75) is 65.2 Å². The molecule has 0 bridgehead atoms. The molecule has 3 aromatic carbocycles. The average molecular weight is 631 g/mol. The maximum atomic E-state index is 14.2. The van der Waals surface area contributed by atoms with Gasteiger partial charge in [0.15, 0.2) is 11.9 Å². The van der Waals surface area contributed by atoms with Gasteiger partial charge < -0.3 is 19.1 Å². The van der Waals surface area contributed by atoms with Crippen LogP contribution in [0.25, 0.3) is 33.6 Å². The quantitative estimate of drug-likeness (QED) is 0.240. The maximum Gasteiger partial charge on any atom is 1.00 e. The van der Waals surface area contributed by atoms with Gasteiger partial charge in [-0.1, -0.05) is 61.5 Å². The molecule has 9 nitrogen and oxygen atoms in total. The number of fused-ring (bicyclic) bond motifs is 1. The van der Waals surface area contributed by atoms with Crippen LogP contribution in [0.1, 0.15) is 62.4 Å². The molecule has 6 rings (SSSR count). The van der Waals surface area contributed by atoms with Crippen LogP contribution in [-0.2, 0) is 17.7 Å². The van der Waals surface area contributed by atoms with Crippen molar-refractivity contribution in [1.82, 2.24) is 19.7 Å². The zero-order chi connectivity index (χ0) is 31.0. The van der Waals surface area contributed by atoms with Gasteiger partial charge in [-0.25, -0.2) is 9.97 Å². The second-order valence-corrected chi connectivity index (χ2v) is 11.8. The third-order valence-corrected chi connectivity index (χ3v) is 8.08. The fourth-order valence-corrected chi connectivity index (χ4v) is 6.00. The first-order valence-electron chi connectivity index (χ1n) is 14.8. The van der Waals surface area contributed by atoms with Gasteiger partial charge in [-0.3, -0.25) is 9.36 Å². The Kier molecular flexibility index (Phi) is 10.1. The van der Waals surface area contributed by atoms with Crippen LogP contribution in [0.5, 0.6) is 11.8 Å². The number of aromatic nitrogens is 4. The second-order valence-electron chi connectivity index (χ2n) is 11.8. The molecule has 1 aliphatic heterocycles. The average Bonchev–Trinajstić information content (AvgIpc) is 3.45. The predicted molar refractivity (Wildman–Crippen MR) is 165 cm³/mol. The zero-order valence-electron chi connectivity index (χ0n) is 26.6. The van der Waals surface area contributed by atoms with Crippen LogP contribution < -0.4 is 66.8 Å². The summed E-state index contributed by atoms with van der Waals surface area (Å²) in [6, 6.07) is 21.5. The first-order valence-corrected chi connectivity index (χ1v) is 14.8. The fourth-order valence-electron chi connectivity index (χ4n) is 6.00. The number of hydrogen-bond acceptors (Lipinski definition) is 8. The minimum atomic E-state index is -0.726. The van der Waals surface area contributed by atoms with Gasteiger partial charge in [-0.2, -0.15) is 5.16 Å². The van der Waals surface area contributed by atoms with Crippen LogP contribution >= 0.6 is 0 Å². The molecule has 0 aliphatic carbocycles. The Morgan fingerprint density at radius 2 is 1.73 bits per heavy atom. The van der Waals surface area contributed by atoms with E-state index in [1.807, 2.05) is 73.7 Å². The van der Waals surface area contributed by atoms with Crippen LogP contribution in [-0.4, -0.2) is 32.4 Å². The first-order chi connectivity index (χ1) is 21.2. The second kappa shape index (κ2) is 13.7. The molecular formula is C35H35KN4O5. The van der Waals surface area contributed by atoms with Crippen molar-refractivity contribution in [3.63, 3.8) is 0 Å². The van der Waals surface area contributed by atoms with Crippen molar-refractivity contribution in [3.8, 4) is 45.5 Å². The summed E-state index contributed by atoms with van der Waals surface area (Å²) in [5.41, 5.74) is 6.07. The monoisotopic (exact) mass is 630 g/mol. The van der Waals surface area contributed by atoms with E-state index in [9.17, 15) is 9.90 Å². The summed E-state index contributed by atoms with van der Waals surface area (Å²) >= 11 is 0. The summed E-state index contributed by atoms with van der Waals surface area (Å²) in [6.45, 7) is 8.47. The molecule has 45 heavy (non-hydrogen) atoms. The number of hydrogen-bond donors (Lipinski definition) is 0. The molecule has 0 radical (unpaired) electrons. The van der Waals surface area contributed by atoms with Gasteiger partial charge in [-0.05, 0) is 61.6 Å². The third kappa shape index (κ3) is 6.86. The van der Waals surface area contributed by atoms with E-state index in [0.29, 0.717) is 36.2 Å². The van der Waals surface area contributed by atoms with E-state index in [4.69, 9.17) is 14.5 Å². The Hall–Kier alpha value is -3.12. The summed E-state index contributed by atoms with van der Waals surface area (Å²) in [4.78, 5) is 23.0. The number of ether oxygens (including phenoxy) is 2. The maximum absolute atomic E-state index is 14.2. The molecule has 3 heterocycles. The molecular weight excluding hydrogens is 596 g/mol. The number of rotatable bonds is 8. The number of aryl methyl sites for hydroxylation is 2. The standard InChI is InChI=1S/C35H36N4O5.K/c1-6-9-30-36-21(2)31(24-16-17-28-27(18-24)29(42-5)19-35(3,4)43-28)33(40)39(30)20-22-12-14-23(15-13-22)25-10-7-8-11-26(25)32-37-34(41)44-38-32;/h7-8,10-18,29H,6,9,19-20H2,1-5H3,(H,37,38,41);/q;+1/p-1. The minimum Gasteiger partial charge on any atom is -0.528 e. The molecule has 5 aromatic rings. The van der Waals surface area contributed by atoms with E-state index in [-0.39, 0.29) is 74.5 Å². The largest absolute Gasteiger partial charge is 1.00 e. The number of methoxy groups -OCH3 is 1. The van der Waals surface area contributed by atoms with Crippen LogP contribution in [0.4, 0.5) is 0 Å². The molecule has 2 aromatic heterocycles. The van der Waals surface area contributed by atoms with Crippen LogP contribution in [0.2, 0.25) is 0 Å². The number of nitrogens with zero attached hydrogens (tertiary/aromatic N) is 4. The summed E-state index contributed by atoms with van der Waals surface area (Å²) in [7, 11) is 1.71. The van der Waals surface area contributed by atoms with E-state index >= 15 is 0 Å². The third-order valence-electron chi connectivity index (χ3n) is 8.08. The molecule has 1 atom stereocenters. The van der Waals surface area contributed by atoms with E-state index in [1.165, 1.54) is 0 Å². The van der Waals surface area contributed by atoms with Crippen molar-refractivity contribution in [3.05, 3.63) is 99.7 Å². The normalized spacial score (nSPS) is 15.2. The van der Waals surface area contributed by atoms with E-state index in [1.54, 1.807) is 11.7 Å². The minimum absolute atomic E-state index is 0. The Bertz CT molecular complexity index is 1880. The molecule has 1 unspecified atom stereocenters. The van der Waals surface area contributed by atoms with Crippen LogP contribution in [0.15, 0.2) is 76.0 Å². The van der Waals surface area contributed by atoms with Crippen molar-refractivity contribution < 1.29 is 70.5 Å². The summed E-state index contributed by atoms with van der Waals surface area (Å²) in [5.74, 6) is 1.79. The van der Waals surface area contributed by atoms with Crippen molar-refractivity contribution in [2.24, 2.45) is 0 Å². The van der Waals surface area contributed by atoms with Gasteiger partial charge in [0.05, 0.1) is 23.9 Å². The molecule has 0 saturated heterocycles. The molecule has 10 heteroatoms. The fraction of sp³-hybridized carbons (Fsp3) is 0.314.